The molecule has 0 saturated carbocycles. The predicted octanol–water partition coefficient (Wildman–Crippen LogP) is 2.65. The molecule has 1 aromatic carbocycles. The quantitative estimate of drug-likeness (QED) is 0.596. The first-order valence-electron chi connectivity index (χ1n) is 10.9. The number of fused-ring (bicyclic) bond motifs is 1. The standard InChI is InChI=1S/C24H24N6O3/c1-15-18-12-21(31)30(14-16-5-7-17(33-2)8-6-16)23(18)28-22(27-15)20-4-3-11-29(20)24(32)19-13-25-9-10-26-19/h5-10,13,20H,3-4,11-12,14H2,1-2H3. The van der Waals surface area contributed by atoms with Gasteiger partial charge in [-0.1, -0.05) is 12.1 Å². The number of rotatable bonds is 5. The van der Waals surface area contributed by atoms with Crippen molar-refractivity contribution in [3.05, 3.63) is 71.2 Å². The Hall–Kier alpha value is -3.88. The van der Waals surface area contributed by atoms with Crippen molar-refractivity contribution in [1.82, 2.24) is 24.8 Å². The molecule has 0 aliphatic carbocycles. The average molecular weight is 444 g/mol. The summed E-state index contributed by atoms with van der Waals surface area (Å²) in [5, 5.41) is 0. The third-order valence-corrected chi connectivity index (χ3v) is 6.19. The lowest BCUT2D eigenvalue weighted by Gasteiger charge is -2.25. The summed E-state index contributed by atoms with van der Waals surface area (Å²) < 4.78 is 5.22. The van der Waals surface area contributed by atoms with Gasteiger partial charge in [0, 0.05) is 30.2 Å². The van der Waals surface area contributed by atoms with E-state index in [1.807, 2.05) is 31.2 Å². The van der Waals surface area contributed by atoms with Crippen LogP contribution in [0.3, 0.4) is 0 Å². The number of ether oxygens (including phenoxy) is 1. The van der Waals surface area contributed by atoms with Crippen molar-refractivity contribution in [2.45, 2.75) is 38.8 Å². The van der Waals surface area contributed by atoms with Crippen molar-refractivity contribution in [3.63, 3.8) is 0 Å². The lowest BCUT2D eigenvalue weighted by molar-refractivity contribution is -0.117. The fourth-order valence-corrected chi connectivity index (χ4v) is 4.46. The van der Waals surface area contributed by atoms with Gasteiger partial charge >= 0.3 is 0 Å². The van der Waals surface area contributed by atoms with Crippen molar-refractivity contribution in [2.75, 3.05) is 18.6 Å². The molecule has 0 bridgehead atoms. The topological polar surface area (TPSA) is 101 Å². The number of hydrogen-bond donors (Lipinski definition) is 0. The molecule has 168 valence electrons. The number of benzene rings is 1. The first-order chi connectivity index (χ1) is 16.0. The Labute approximate surface area is 191 Å². The summed E-state index contributed by atoms with van der Waals surface area (Å²) in [6.07, 6.45) is 6.42. The van der Waals surface area contributed by atoms with Crippen LogP contribution < -0.4 is 9.64 Å². The molecule has 9 nitrogen and oxygen atoms in total. The molecule has 1 unspecified atom stereocenters. The first-order valence-corrected chi connectivity index (χ1v) is 10.9. The molecule has 1 fully saturated rings. The number of hydrogen-bond acceptors (Lipinski definition) is 7. The molecule has 1 atom stereocenters. The number of methoxy groups -OCH3 is 1. The second-order valence-corrected chi connectivity index (χ2v) is 8.22. The summed E-state index contributed by atoms with van der Waals surface area (Å²) in [5.74, 6) is 1.78. The van der Waals surface area contributed by atoms with Crippen LogP contribution in [0.1, 0.15) is 52.0 Å². The zero-order valence-electron chi connectivity index (χ0n) is 18.6. The van der Waals surface area contributed by atoms with Gasteiger partial charge in [-0.15, -0.1) is 0 Å². The molecule has 2 aliphatic heterocycles. The van der Waals surface area contributed by atoms with E-state index in [2.05, 4.69) is 9.97 Å². The molecule has 2 amide bonds. The monoisotopic (exact) mass is 444 g/mol. The zero-order chi connectivity index (χ0) is 22.9. The van der Waals surface area contributed by atoms with E-state index in [1.165, 1.54) is 12.4 Å². The summed E-state index contributed by atoms with van der Waals surface area (Å²) in [7, 11) is 1.62. The third-order valence-electron chi connectivity index (χ3n) is 6.19. The van der Waals surface area contributed by atoms with E-state index in [0.29, 0.717) is 30.4 Å². The number of nitrogens with zero attached hydrogens (tertiary/aromatic N) is 6. The normalized spacial score (nSPS) is 17.4. The van der Waals surface area contributed by atoms with E-state index >= 15 is 0 Å². The molecule has 9 heteroatoms. The van der Waals surface area contributed by atoms with Crippen LogP contribution in [0.25, 0.3) is 0 Å². The van der Waals surface area contributed by atoms with Crippen LogP contribution in [0.4, 0.5) is 5.82 Å². The van der Waals surface area contributed by atoms with Gasteiger partial charge in [-0.3, -0.25) is 19.5 Å². The Balaban J connectivity index is 1.45. The molecule has 5 rings (SSSR count). The van der Waals surface area contributed by atoms with E-state index in [0.717, 1.165) is 35.4 Å². The number of carbonyl (C=O) groups excluding carboxylic acids is 2. The Bertz CT molecular complexity index is 1200. The largest absolute Gasteiger partial charge is 0.497 e. The van der Waals surface area contributed by atoms with Crippen LogP contribution in [-0.4, -0.2) is 50.3 Å². The highest BCUT2D eigenvalue weighted by Crippen LogP contribution is 2.36. The molecule has 0 spiro atoms. The average Bonchev–Trinajstić information content (AvgIpc) is 3.45. The van der Waals surface area contributed by atoms with Crippen LogP contribution in [0.5, 0.6) is 5.75 Å². The lowest BCUT2D eigenvalue weighted by atomic mass is 10.1. The van der Waals surface area contributed by atoms with E-state index < -0.39 is 0 Å². The molecular weight excluding hydrogens is 420 g/mol. The van der Waals surface area contributed by atoms with E-state index in [-0.39, 0.29) is 24.3 Å². The summed E-state index contributed by atoms with van der Waals surface area (Å²) in [6, 6.07) is 7.38. The number of aryl methyl sites for hydroxylation is 1. The van der Waals surface area contributed by atoms with Crippen LogP contribution >= 0.6 is 0 Å². The van der Waals surface area contributed by atoms with Gasteiger partial charge in [0.25, 0.3) is 5.91 Å². The minimum Gasteiger partial charge on any atom is -0.497 e. The van der Waals surface area contributed by atoms with Gasteiger partial charge in [-0.25, -0.2) is 15.0 Å². The minimum atomic E-state index is -0.262. The maximum Gasteiger partial charge on any atom is 0.274 e. The Kier molecular flexibility index (Phi) is 5.45. The molecule has 1 saturated heterocycles. The van der Waals surface area contributed by atoms with Crippen molar-refractivity contribution < 1.29 is 14.3 Å². The summed E-state index contributed by atoms with van der Waals surface area (Å²) in [6.45, 7) is 2.92. The smallest absolute Gasteiger partial charge is 0.274 e. The second kappa shape index (κ2) is 8.57. The highest BCUT2D eigenvalue weighted by atomic mass is 16.5. The molecule has 0 N–H and O–H groups in total. The van der Waals surface area contributed by atoms with Crippen LogP contribution in [-0.2, 0) is 17.8 Å². The highest BCUT2D eigenvalue weighted by Gasteiger charge is 2.37. The molecule has 2 aliphatic rings. The number of likely N-dealkylation sites (tertiary alicyclic amines) is 1. The van der Waals surface area contributed by atoms with Crippen molar-refractivity contribution >= 4 is 17.6 Å². The zero-order valence-corrected chi connectivity index (χ0v) is 18.6. The van der Waals surface area contributed by atoms with Crippen LogP contribution in [0.2, 0.25) is 0 Å². The van der Waals surface area contributed by atoms with Gasteiger partial charge in [0.2, 0.25) is 5.91 Å². The van der Waals surface area contributed by atoms with Gasteiger partial charge in [0.15, 0.2) is 5.82 Å². The number of carbonyl (C=O) groups is 2. The number of anilines is 1. The van der Waals surface area contributed by atoms with Gasteiger partial charge in [0.1, 0.15) is 17.3 Å². The van der Waals surface area contributed by atoms with E-state index in [9.17, 15) is 9.59 Å². The Morgan fingerprint density at radius 1 is 1.18 bits per heavy atom. The fraction of sp³-hybridized carbons (Fsp3) is 0.333. The Morgan fingerprint density at radius 2 is 2.00 bits per heavy atom. The lowest BCUT2D eigenvalue weighted by Crippen LogP contribution is -2.32. The minimum absolute atomic E-state index is 0.00529. The molecule has 0 radical (unpaired) electrons. The highest BCUT2D eigenvalue weighted by molar-refractivity contribution is 6.00. The fourth-order valence-electron chi connectivity index (χ4n) is 4.46. The van der Waals surface area contributed by atoms with Gasteiger partial charge < -0.3 is 9.64 Å². The van der Waals surface area contributed by atoms with Crippen molar-refractivity contribution in [1.29, 1.82) is 0 Å². The van der Waals surface area contributed by atoms with E-state index in [1.54, 1.807) is 23.1 Å². The summed E-state index contributed by atoms with van der Waals surface area (Å²) >= 11 is 0. The van der Waals surface area contributed by atoms with Crippen molar-refractivity contribution in [3.8, 4) is 5.75 Å². The van der Waals surface area contributed by atoms with Gasteiger partial charge in [-0.05, 0) is 37.5 Å². The van der Waals surface area contributed by atoms with Crippen LogP contribution in [0.15, 0.2) is 42.9 Å². The maximum absolute atomic E-state index is 13.1. The SMILES string of the molecule is COc1ccc(CN2C(=O)Cc3c(C)nc(C4CCCN4C(=O)c4cnccn4)nc32)cc1. The summed E-state index contributed by atoms with van der Waals surface area (Å²) in [4.78, 5) is 47.1. The second-order valence-electron chi connectivity index (χ2n) is 8.22. The number of amides is 2. The summed E-state index contributed by atoms with van der Waals surface area (Å²) in [5.41, 5.74) is 2.91. The van der Waals surface area contributed by atoms with E-state index in [4.69, 9.17) is 14.7 Å². The van der Waals surface area contributed by atoms with Crippen LogP contribution in [0, 0.1) is 6.92 Å². The molecule has 4 heterocycles. The molecule has 33 heavy (non-hydrogen) atoms. The molecule has 3 aromatic rings. The predicted molar refractivity (Wildman–Crippen MR) is 120 cm³/mol. The molecule has 2 aromatic heterocycles. The first kappa shape index (κ1) is 21.0. The Morgan fingerprint density at radius 3 is 2.73 bits per heavy atom. The third kappa shape index (κ3) is 3.90. The van der Waals surface area contributed by atoms with Gasteiger partial charge in [-0.2, -0.15) is 0 Å². The van der Waals surface area contributed by atoms with Crippen molar-refractivity contribution in [2.24, 2.45) is 0 Å². The molecular formula is C24H24N6O3. The van der Waals surface area contributed by atoms with Gasteiger partial charge in [0.05, 0.1) is 32.3 Å². The maximum atomic E-state index is 13.1. The number of aromatic nitrogens is 4.